The standard InChI is InChI=1S/C13H26O3Si/c1-9(2)13(3,4)17-16-11-7-5-10(6-8-11)12(14)15/h9-11H,5-8,17H2,1-4H3,(H,14,15). The maximum absolute atomic E-state index is 10.8. The quantitative estimate of drug-likeness (QED) is 0.771. The second-order valence-electron chi connectivity index (χ2n) is 6.27. The highest BCUT2D eigenvalue weighted by Gasteiger charge is 2.29. The lowest BCUT2D eigenvalue weighted by Gasteiger charge is -2.33. The van der Waals surface area contributed by atoms with Crippen molar-refractivity contribution < 1.29 is 14.3 Å². The average molecular weight is 258 g/mol. The van der Waals surface area contributed by atoms with Crippen molar-refractivity contribution in [3.05, 3.63) is 0 Å². The normalized spacial score (nSPS) is 26.9. The summed E-state index contributed by atoms with van der Waals surface area (Å²) in [7, 11) is -0.537. The topological polar surface area (TPSA) is 46.5 Å². The van der Waals surface area contributed by atoms with Crippen molar-refractivity contribution in [1.82, 2.24) is 0 Å². The maximum Gasteiger partial charge on any atom is 0.306 e. The zero-order chi connectivity index (χ0) is 13.1. The minimum atomic E-state index is -0.636. The Morgan fingerprint density at radius 2 is 1.82 bits per heavy atom. The van der Waals surface area contributed by atoms with E-state index in [0.29, 0.717) is 17.1 Å². The summed E-state index contributed by atoms with van der Waals surface area (Å²) >= 11 is 0. The van der Waals surface area contributed by atoms with Gasteiger partial charge < -0.3 is 9.53 Å². The summed E-state index contributed by atoms with van der Waals surface area (Å²) in [5.41, 5.74) is 0. The summed E-state index contributed by atoms with van der Waals surface area (Å²) < 4.78 is 6.08. The molecule has 3 nitrogen and oxygen atoms in total. The van der Waals surface area contributed by atoms with Crippen LogP contribution < -0.4 is 0 Å². The van der Waals surface area contributed by atoms with Gasteiger partial charge in [0.05, 0.1) is 5.92 Å². The molecule has 100 valence electrons. The Kier molecular flexibility index (Phi) is 5.19. The minimum Gasteiger partial charge on any atom is -0.481 e. The van der Waals surface area contributed by atoms with Crippen molar-refractivity contribution in [2.24, 2.45) is 11.8 Å². The summed E-state index contributed by atoms with van der Waals surface area (Å²) in [5, 5.41) is 9.26. The Hall–Kier alpha value is -0.353. The maximum atomic E-state index is 10.8. The van der Waals surface area contributed by atoms with Gasteiger partial charge >= 0.3 is 5.97 Å². The number of carbonyl (C=O) groups is 1. The number of rotatable bonds is 5. The number of hydrogen-bond acceptors (Lipinski definition) is 2. The van der Waals surface area contributed by atoms with E-state index >= 15 is 0 Å². The zero-order valence-electron chi connectivity index (χ0n) is 11.5. The highest BCUT2D eigenvalue weighted by atomic mass is 28.2. The summed E-state index contributed by atoms with van der Waals surface area (Å²) in [5.74, 6) is -0.109. The third-order valence-electron chi connectivity index (χ3n) is 4.28. The van der Waals surface area contributed by atoms with Gasteiger partial charge in [-0.25, -0.2) is 0 Å². The second kappa shape index (κ2) is 6.00. The van der Waals surface area contributed by atoms with Gasteiger partial charge in [-0.1, -0.05) is 27.7 Å². The van der Waals surface area contributed by atoms with Crippen LogP contribution in [0.1, 0.15) is 53.4 Å². The number of hydrogen-bond donors (Lipinski definition) is 1. The minimum absolute atomic E-state index is 0.130. The molecule has 0 aromatic rings. The molecule has 0 aromatic heterocycles. The first kappa shape index (κ1) is 14.7. The van der Waals surface area contributed by atoms with Gasteiger partial charge in [-0.2, -0.15) is 0 Å². The van der Waals surface area contributed by atoms with Gasteiger partial charge in [-0.15, -0.1) is 0 Å². The Morgan fingerprint density at radius 3 is 2.24 bits per heavy atom. The molecule has 1 rings (SSSR count). The van der Waals surface area contributed by atoms with Gasteiger partial charge in [0.25, 0.3) is 0 Å². The molecule has 1 fully saturated rings. The Morgan fingerprint density at radius 1 is 1.29 bits per heavy atom. The number of aliphatic carboxylic acids is 1. The van der Waals surface area contributed by atoms with Crippen molar-refractivity contribution in [1.29, 1.82) is 0 Å². The van der Waals surface area contributed by atoms with Gasteiger partial charge in [0.1, 0.15) is 0 Å². The average Bonchev–Trinajstić information content (AvgIpc) is 2.27. The fraction of sp³-hybridized carbons (Fsp3) is 0.923. The molecule has 17 heavy (non-hydrogen) atoms. The first-order valence-corrected chi connectivity index (χ1v) is 7.96. The molecule has 0 amide bonds. The van der Waals surface area contributed by atoms with E-state index in [4.69, 9.17) is 9.53 Å². The second-order valence-corrected chi connectivity index (χ2v) is 8.71. The number of carboxylic acid groups (broad SMARTS) is 1. The molecule has 0 unspecified atom stereocenters. The van der Waals surface area contributed by atoms with Crippen LogP contribution in [0.5, 0.6) is 0 Å². The van der Waals surface area contributed by atoms with Crippen molar-refractivity contribution in [2.45, 2.75) is 64.5 Å². The molecule has 0 aliphatic heterocycles. The lowest BCUT2D eigenvalue weighted by Crippen LogP contribution is -2.31. The van der Waals surface area contributed by atoms with E-state index in [1.165, 1.54) is 0 Å². The van der Waals surface area contributed by atoms with Gasteiger partial charge in [0, 0.05) is 6.10 Å². The Balaban J connectivity index is 2.29. The van der Waals surface area contributed by atoms with E-state index in [2.05, 4.69) is 27.7 Å². The molecule has 0 spiro atoms. The molecule has 1 aliphatic rings. The van der Waals surface area contributed by atoms with Crippen LogP contribution in [0.3, 0.4) is 0 Å². The predicted octanol–water partition coefficient (Wildman–Crippen LogP) is 2.58. The SMILES string of the molecule is CC(C)C(C)(C)[SiH2]OC1CCC(C(=O)O)CC1. The number of carboxylic acids is 1. The van der Waals surface area contributed by atoms with E-state index < -0.39 is 15.7 Å². The van der Waals surface area contributed by atoms with Gasteiger partial charge in [0.15, 0.2) is 9.76 Å². The van der Waals surface area contributed by atoms with E-state index in [1.54, 1.807) is 0 Å². The van der Waals surface area contributed by atoms with Crippen molar-refractivity contribution in [3.63, 3.8) is 0 Å². The molecule has 1 aliphatic carbocycles. The fourth-order valence-corrected chi connectivity index (χ4v) is 3.31. The van der Waals surface area contributed by atoms with Crippen molar-refractivity contribution >= 4 is 15.7 Å². The van der Waals surface area contributed by atoms with Gasteiger partial charge in [0.2, 0.25) is 0 Å². The van der Waals surface area contributed by atoms with E-state index in [1.807, 2.05) is 0 Å². The van der Waals surface area contributed by atoms with Crippen LogP contribution in [-0.2, 0) is 9.22 Å². The van der Waals surface area contributed by atoms with Crippen LogP contribution in [0.2, 0.25) is 5.04 Å². The molecule has 1 saturated carbocycles. The van der Waals surface area contributed by atoms with Crippen molar-refractivity contribution in [3.8, 4) is 0 Å². The van der Waals surface area contributed by atoms with Crippen LogP contribution in [0.25, 0.3) is 0 Å². The van der Waals surface area contributed by atoms with E-state index in [-0.39, 0.29) is 5.92 Å². The van der Waals surface area contributed by atoms with Crippen LogP contribution in [0.4, 0.5) is 0 Å². The third kappa shape index (κ3) is 4.43. The van der Waals surface area contributed by atoms with Crippen LogP contribution in [-0.4, -0.2) is 26.9 Å². The molecule has 4 heteroatoms. The highest BCUT2D eigenvalue weighted by molar-refractivity contribution is 6.32. The lowest BCUT2D eigenvalue weighted by molar-refractivity contribution is -0.143. The molecule has 0 saturated heterocycles. The molecule has 0 aromatic carbocycles. The first-order valence-electron chi connectivity index (χ1n) is 6.67. The molecule has 0 radical (unpaired) electrons. The van der Waals surface area contributed by atoms with Crippen molar-refractivity contribution in [2.75, 3.05) is 0 Å². The predicted molar refractivity (Wildman–Crippen MR) is 71.9 cm³/mol. The molecule has 0 bridgehead atoms. The van der Waals surface area contributed by atoms with Gasteiger partial charge in [-0.05, 0) is 36.6 Å². The largest absolute Gasteiger partial charge is 0.481 e. The fourth-order valence-electron chi connectivity index (χ4n) is 1.98. The molecular formula is C13H26O3Si. The third-order valence-corrected chi connectivity index (χ3v) is 6.48. The summed E-state index contributed by atoms with van der Waals surface area (Å²) in [4.78, 5) is 10.8. The van der Waals surface area contributed by atoms with E-state index in [0.717, 1.165) is 25.7 Å². The van der Waals surface area contributed by atoms with Crippen LogP contribution in [0, 0.1) is 11.8 Å². The highest BCUT2D eigenvalue weighted by Crippen LogP contribution is 2.34. The zero-order valence-corrected chi connectivity index (χ0v) is 12.9. The smallest absolute Gasteiger partial charge is 0.306 e. The van der Waals surface area contributed by atoms with Gasteiger partial charge in [-0.3, -0.25) is 4.79 Å². The summed E-state index contributed by atoms with van der Waals surface area (Å²) in [6.07, 6.45) is 3.76. The first-order chi connectivity index (χ1) is 7.83. The molecule has 1 N–H and O–H groups in total. The molecule has 0 atom stereocenters. The Labute approximate surface area is 107 Å². The molecular weight excluding hydrogens is 232 g/mol. The molecule has 0 heterocycles. The van der Waals surface area contributed by atoms with E-state index in [9.17, 15) is 4.79 Å². The monoisotopic (exact) mass is 258 g/mol. The summed E-state index contributed by atoms with van der Waals surface area (Å²) in [6.45, 7) is 9.06. The summed E-state index contributed by atoms with van der Waals surface area (Å²) in [6, 6.07) is 0. The lowest BCUT2D eigenvalue weighted by atomic mass is 9.88. The Bertz CT molecular complexity index is 255. The van der Waals surface area contributed by atoms with Crippen LogP contribution >= 0.6 is 0 Å². The van der Waals surface area contributed by atoms with Crippen LogP contribution in [0.15, 0.2) is 0 Å².